The maximum atomic E-state index is 10.9. The number of carbonyl (C=O) groups excluding carboxylic acids is 2. The van der Waals surface area contributed by atoms with Gasteiger partial charge in [-0.1, -0.05) is 40.0 Å². The first-order chi connectivity index (χ1) is 7.02. The number of carbonyl (C=O) groups is 2. The van der Waals surface area contributed by atoms with Crippen molar-refractivity contribution in [2.24, 2.45) is 5.92 Å². The Morgan fingerprint density at radius 3 is 2.07 bits per heavy atom. The number of cyclic esters (lactones) is 1. The predicted octanol–water partition coefficient (Wildman–Crippen LogP) is 2.72. The van der Waals surface area contributed by atoms with Gasteiger partial charge in [0.2, 0.25) is 0 Å². The second kappa shape index (κ2) is 7.43. The zero-order valence-electron chi connectivity index (χ0n) is 10.2. The highest BCUT2D eigenvalue weighted by Crippen LogP contribution is 2.16. The molecule has 0 aromatic carbocycles. The van der Waals surface area contributed by atoms with Crippen molar-refractivity contribution in [3.8, 4) is 0 Å². The van der Waals surface area contributed by atoms with Gasteiger partial charge in [0, 0.05) is 0 Å². The lowest BCUT2D eigenvalue weighted by Crippen LogP contribution is -2.35. The third-order valence-electron chi connectivity index (χ3n) is 2.56. The van der Waals surface area contributed by atoms with Crippen LogP contribution in [0.5, 0.6) is 0 Å². The third kappa shape index (κ3) is 5.55. The molecule has 1 aliphatic rings. The summed E-state index contributed by atoms with van der Waals surface area (Å²) in [6.07, 6.45) is 3.78. The molecule has 0 N–H and O–H groups in total. The zero-order valence-corrected chi connectivity index (χ0v) is 10.2. The van der Waals surface area contributed by atoms with Crippen molar-refractivity contribution < 1.29 is 14.3 Å². The molecule has 1 aliphatic heterocycles. The number of ketones is 1. The topological polar surface area (TPSA) is 43.4 Å². The van der Waals surface area contributed by atoms with E-state index in [0.29, 0.717) is 0 Å². The summed E-state index contributed by atoms with van der Waals surface area (Å²) in [7, 11) is 0. The second-order valence-corrected chi connectivity index (χ2v) is 3.98. The molecule has 1 saturated heterocycles. The van der Waals surface area contributed by atoms with Gasteiger partial charge in [0.15, 0.2) is 0 Å². The van der Waals surface area contributed by atoms with E-state index in [-0.39, 0.29) is 24.2 Å². The molecule has 1 rings (SSSR count). The summed E-state index contributed by atoms with van der Waals surface area (Å²) in [6, 6.07) is 0. The van der Waals surface area contributed by atoms with Gasteiger partial charge < -0.3 is 4.74 Å². The number of ether oxygens (including phenoxy) is 1. The van der Waals surface area contributed by atoms with Crippen LogP contribution in [0.15, 0.2) is 0 Å². The lowest BCUT2D eigenvalue weighted by atomic mass is 9.96. The Morgan fingerprint density at radius 2 is 1.73 bits per heavy atom. The van der Waals surface area contributed by atoms with E-state index < -0.39 is 5.97 Å². The van der Waals surface area contributed by atoms with Crippen molar-refractivity contribution in [2.45, 2.75) is 59.5 Å². The van der Waals surface area contributed by atoms with Crippen LogP contribution in [0.1, 0.15) is 53.4 Å². The molecule has 3 heteroatoms. The fourth-order valence-corrected chi connectivity index (χ4v) is 1.27. The van der Waals surface area contributed by atoms with Crippen LogP contribution >= 0.6 is 0 Å². The Morgan fingerprint density at radius 1 is 1.20 bits per heavy atom. The molecule has 0 aliphatic carbocycles. The number of rotatable bonds is 2. The number of unbranched alkanes of at least 4 members (excludes halogenated alkanes) is 2. The number of hydrogen-bond donors (Lipinski definition) is 0. The number of hydrogen-bond acceptors (Lipinski definition) is 3. The first-order valence-corrected chi connectivity index (χ1v) is 5.75. The normalized spacial score (nSPS) is 25.3. The fourth-order valence-electron chi connectivity index (χ4n) is 1.27. The van der Waals surface area contributed by atoms with Crippen molar-refractivity contribution in [3.05, 3.63) is 0 Å². The minimum atomic E-state index is -0.393. The van der Waals surface area contributed by atoms with E-state index in [1.807, 2.05) is 0 Å². The predicted molar refractivity (Wildman–Crippen MR) is 59.5 cm³/mol. The van der Waals surface area contributed by atoms with Gasteiger partial charge in [0.25, 0.3) is 0 Å². The summed E-state index contributed by atoms with van der Waals surface area (Å²) in [4.78, 5) is 21.5. The SMILES string of the molecule is CC1OC(=O)CC(=O)[C@H]1C.CCCCC. The van der Waals surface area contributed by atoms with E-state index in [4.69, 9.17) is 4.74 Å². The molecule has 0 radical (unpaired) electrons. The first-order valence-electron chi connectivity index (χ1n) is 5.75. The quantitative estimate of drug-likeness (QED) is 0.524. The minimum Gasteiger partial charge on any atom is -0.462 e. The zero-order chi connectivity index (χ0) is 11.8. The summed E-state index contributed by atoms with van der Waals surface area (Å²) in [5.41, 5.74) is 0. The molecular formula is C12H22O3. The van der Waals surface area contributed by atoms with Crippen molar-refractivity contribution in [1.82, 2.24) is 0 Å². The summed E-state index contributed by atoms with van der Waals surface area (Å²) in [6.45, 7) is 7.94. The summed E-state index contributed by atoms with van der Waals surface area (Å²) in [5, 5.41) is 0. The third-order valence-corrected chi connectivity index (χ3v) is 2.56. The lowest BCUT2D eigenvalue weighted by Gasteiger charge is -2.23. The van der Waals surface area contributed by atoms with Crippen LogP contribution in [0, 0.1) is 5.92 Å². The van der Waals surface area contributed by atoms with E-state index in [1.54, 1.807) is 13.8 Å². The van der Waals surface area contributed by atoms with Crippen molar-refractivity contribution in [1.29, 1.82) is 0 Å². The molecule has 88 valence electrons. The molecule has 0 aromatic rings. The van der Waals surface area contributed by atoms with E-state index >= 15 is 0 Å². The van der Waals surface area contributed by atoms with Crippen LogP contribution in [0.25, 0.3) is 0 Å². The Labute approximate surface area is 92.2 Å². The first kappa shape index (κ1) is 14.1. The Bertz CT molecular complexity index is 209. The average Bonchev–Trinajstić information content (AvgIpc) is 2.16. The molecule has 3 nitrogen and oxygen atoms in total. The van der Waals surface area contributed by atoms with Crippen LogP contribution in [0.3, 0.4) is 0 Å². The number of esters is 1. The van der Waals surface area contributed by atoms with Crippen molar-refractivity contribution >= 4 is 11.8 Å². The van der Waals surface area contributed by atoms with E-state index in [0.717, 1.165) is 0 Å². The van der Waals surface area contributed by atoms with Gasteiger partial charge in [-0.05, 0) is 6.92 Å². The van der Waals surface area contributed by atoms with Crippen molar-refractivity contribution in [2.75, 3.05) is 0 Å². The second-order valence-electron chi connectivity index (χ2n) is 3.98. The monoisotopic (exact) mass is 214 g/mol. The Balaban J connectivity index is 0.000000336. The highest BCUT2D eigenvalue weighted by molar-refractivity contribution is 5.98. The highest BCUT2D eigenvalue weighted by atomic mass is 16.5. The highest BCUT2D eigenvalue weighted by Gasteiger charge is 2.30. The van der Waals surface area contributed by atoms with Gasteiger partial charge in [0.1, 0.15) is 18.3 Å². The smallest absolute Gasteiger partial charge is 0.313 e. The molecule has 1 unspecified atom stereocenters. The van der Waals surface area contributed by atoms with Crippen LogP contribution in [0.2, 0.25) is 0 Å². The molecule has 1 heterocycles. The maximum Gasteiger partial charge on any atom is 0.313 e. The molecule has 15 heavy (non-hydrogen) atoms. The average molecular weight is 214 g/mol. The largest absolute Gasteiger partial charge is 0.462 e. The van der Waals surface area contributed by atoms with Gasteiger partial charge in [-0.2, -0.15) is 0 Å². The summed E-state index contributed by atoms with van der Waals surface area (Å²) >= 11 is 0. The van der Waals surface area contributed by atoms with Crippen LogP contribution < -0.4 is 0 Å². The molecule has 0 amide bonds. The Kier molecular flexibility index (Phi) is 7.01. The lowest BCUT2D eigenvalue weighted by molar-refractivity contribution is -0.161. The van der Waals surface area contributed by atoms with Gasteiger partial charge in [-0.25, -0.2) is 0 Å². The number of Topliss-reactive ketones (excluding diaryl/α,β-unsaturated/α-hetero) is 1. The van der Waals surface area contributed by atoms with Crippen LogP contribution in [-0.4, -0.2) is 17.9 Å². The van der Waals surface area contributed by atoms with Gasteiger partial charge in [-0.15, -0.1) is 0 Å². The van der Waals surface area contributed by atoms with Crippen LogP contribution in [0.4, 0.5) is 0 Å². The van der Waals surface area contributed by atoms with E-state index in [1.165, 1.54) is 19.3 Å². The Hall–Kier alpha value is -0.860. The minimum absolute atomic E-state index is 0.0104. The summed E-state index contributed by atoms with van der Waals surface area (Å²) in [5.74, 6) is -0.531. The van der Waals surface area contributed by atoms with Gasteiger partial charge in [0.05, 0.1) is 5.92 Å². The molecule has 0 saturated carbocycles. The molecule has 1 fully saturated rings. The van der Waals surface area contributed by atoms with Gasteiger partial charge >= 0.3 is 5.97 Å². The van der Waals surface area contributed by atoms with Crippen molar-refractivity contribution in [3.63, 3.8) is 0 Å². The molecule has 0 spiro atoms. The molecule has 0 aromatic heterocycles. The maximum absolute atomic E-state index is 10.9. The van der Waals surface area contributed by atoms with E-state index in [9.17, 15) is 9.59 Å². The molecule has 2 atom stereocenters. The molecular weight excluding hydrogens is 192 g/mol. The standard InChI is InChI=1S/C7H10O3.C5H12/c1-4-5(2)10-7(9)3-6(4)8;1-3-5-4-2/h4-5H,3H2,1-2H3;3-5H2,1-2H3/t4-,5?;/m0./s1. The fraction of sp³-hybridized carbons (Fsp3) is 0.833. The van der Waals surface area contributed by atoms with E-state index in [2.05, 4.69) is 13.8 Å². The van der Waals surface area contributed by atoms with Crippen LogP contribution in [-0.2, 0) is 14.3 Å². The summed E-state index contributed by atoms with van der Waals surface area (Å²) < 4.78 is 4.81. The molecule has 0 bridgehead atoms. The van der Waals surface area contributed by atoms with Gasteiger partial charge in [-0.3, -0.25) is 9.59 Å².